The van der Waals surface area contributed by atoms with E-state index in [1.807, 2.05) is 73.0 Å². The highest BCUT2D eigenvalue weighted by atomic mass is 35.5. The third kappa shape index (κ3) is 4.07. The van der Waals surface area contributed by atoms with Gasteiger partial charge in [-0.05, 0) is 86.2 Å². The number of carbonyl (C=O) groups is 1. The molecule has 35 heavy (non-hydrogen) atoms. The van der Waals surface area contributed by atoms with Crippen molar-refractivity contribution >= 4 is 40.6 Å². The molecule has 0 unspecified atom stereocenters. The van der Waals surface area contributed by atoms with Crippen LogP contribution in [0.4, 0.5) is 5.69 Å². The lowest BCUT2D eigenvalue weighted by molar-refractivity contribution is 0.0697. The standard InChI is InChI=1S/C27H23ClN4O2S/c1-16-15-21(17(2)31(16)23-9-4-3-7-20(23)26(33)34)25-24(22-8-5-6-14-29-22)30-27(35)32(25)19-12-10-18(28)11-13-19/h3-15,24-25H,1-2H3,(H,30,35)(H,33,34)/t24-,25+/m0/s1. The maximum absolute atomic E-state index is 12.0. The highest BCUT2D eigenvalue weighted by Crippen LogP contribution is 2.44. The molecule has 3 heterocycles. The van der Waals surface area contributed by atoms with Crippen molar-refractivity contribution in [2.75, 3.05) is 4.90 Å². The number of carboxylic acids is 1. The number of aryl methyl sites for hydroxylation is 1. The van der Waals surface area contributed by atoms with Gasteiger partial charge in [0.05, 0.1) is 29.0 Å². The zero-order valence-corrected chi connectivity index (χ0v) is 20.7. The molecule has 2 N–H and O–H groups in total. The molecule has 0 saturated carbocycles. The Morgan fingerprint density at radius 3 is 2.46 bits per heavy atom. The number of pyridine rings is 1. The summed E-state index contributed by atoms with van der Waals surface area (Å²) in [6, 6.07) is 22.1. The second-order valence-electron chi connectivity index (χ2n) is 8.46. The molecule has 0 aliphatic carbocycles. The molecule has 0 spiro atoms. The van der Waals surface area contributed by atoms with Crippen molar-refractivity contribution in [1.82, 2.24) is 14.9 Å². The van der Waals surface area contributed by atoms with Crippen LogP contribution in [0.25, 0.3) is 5.69 Å². The number of carboxylic acid groups (broad SMARTS) is 1. The molecule has 0 radical (unpaired) electrons. The summed E-state index contributed by atoms with van der Waals surface area (Å²) in [6.45, 7) is 4.00. The number of thiocarbonyl (C=S) groups is 1. The van der Waals surface area contributed by atoms with Gasteiger partial charge in [0, 0.05) is 28.3 Å². The zero-order valence-electron chi connectivity index (χ0n) is 19.1. The number of aromatic carboxylic acids is 1. The number of rotatable bonds is 5. The Hall–Kier alpha value is -3.68. The van der Waals surface area contributed by atoms with E-state index in [9.17, 15) is 9.90 Å². The normalized spacial score (nSPS) is 17.5. The van der Waals surface area contributed by atoms with Crippen molar-refractivity contribution in [1.29, 1.82) is 0 Å². The fraction of sp³-hybridized carbons (Fsp3) is 0.148. The quantitative estimate of drug-likeness (QED) is 0.325. The second-order valence-corrected chi connectivity index (χ2v) is 9.28. The number of nitrogens with zero attached hydrogens (tertiary/aromatic N) is 3. The molecule has 1 aliphatic rings. The van der Waals surface area contributed by atoms with Crippen molar-refractivity contribution in [3.05, 3.63) is 112 Å². The van der Waals surface area contributed by atoms with Gasteiger partial charge in [-0.25, -0.2) is 4.79 Å². The van der Waals surface area contributed by atoms with E-state index >= 15 is 0 Å². The average molecular weight is 503 g/mol. The van der Waals surface area contributed by atoms with E-state index in [1.54, 1.807) is 18.3 Å². The van der Waals surface area contributed by atoms with Gasteiger partial charge in [0.1, 0.15) is 0 Å². The number of nitrogens with one attached hydrogen (secondary N) is 1. The Kier molecular flexibility index (Phi) is 6.05. The molecular weight excluding hydrogens is 480 g/mol. The van der Waals surface area contributed by atoms with E-state index in [4.69, 9.17) is 23.8 Å². The molecular formula is C27H23ClN4O2S. The maximum Gasteiger partial charge on any atom is 0.337 e. The van der Waals surface area contributed by atoms with Crippen LogP contribution < -0.4 is 10.2 Å². The minimum absolute atomic E-state index is 0.206. The fourth-order valence-corrected chi connectivity index (χ4v) is 5.33. The van der Waals surface area contributed by atoms with E-state index in [2.05, 4.69) is 21.3 Å². The molecule has 8 heteroatoms. The van der Waals surface area contributed by atoms with E-state index in [0.717, 1.165) is 28.3 Å². The first kappa shape index (κ1) is 23.1. The lowest BCUT2D eigenvalue weighted by Gasteiger charge is -2.28. The Labute approximate surface area is 213 Å². The van der Waals surface area contributed by atoms with E-state index in [1.165, 1.54) is 0 Å². The topological polar surface area (TPSA) is 70.4 Å². The predicted octanol–water partition coefficient (Wildman–Crippen LogP) is 6.02. The van der Waals surface area contributed by atoms with E-state index in [-0.39, 0.29) is 17.6 Å². The van der Waals surface area contributed by atoms with Gasteiger partial charge in [-0.2, -0.15) is 0 Å². The molecule has 5 rings (SSSR count). The molecule has 2 atom stereocenters. The van der Waals surface area contributed by atoms with Crippen LogP contribution in [0, 0.1) is 13.8 Å². The maximum atomic E-state index is 12.0. The Balaban J connectivity index is 1.70. The highest BCUT2D eigenvalue weighted by Gasteiger charge is 2.42. The summed E-state index contributed by atoms with van der Waals surface area (Å²) < 4.78 is 2.00. The third-order valence-corrected chi connectivity index (χ3v) is 6.93. The van der Waals surface area contributed by atoms with Crippen LogP contribution in [0.3, 0.4) is 0 Å². The lowest BCUT2D eigenvalue weighted by Crippen LogP contribution is -2.29. The number of anilines is 1. The van der Waals surface area contributed by atoms with Gasteiger partial charge < -0.3 is 19.9 Å². The van der Waals surface area contributed by atoms with E-state index in [0.29, 0.717) is 15.8 Å². The Morgan fingerprint density at radius 2 is 1.77 bits per heavy atom. The Bertz CT molecular complexity index is 1420. The zero-order chi connectivity index (χ0) is 24.7. The summed E-state index contributed by atoms with van der Waals surface area (Å²) in [5.74, 6) is -0.965. The van der Waals surface area contributed by atoms with Crippen LogP contribution >= 0.6 is 23.8 Å². The summed E-state index contributed by atoms with van der Waals surface area (Å²) in [6.07, 6.45) is 1.77. The molecule has 1 fully saturated rings. The average Bonchev–Trinajstić information content (AvgIpc) is 3.35. The number of hydrogen-bond acceptors (Lipinski definition) is 3. The van der Waals surface area contributed by atoms with Gasteiger partial charge in [-0.15, -0.1) is 0 Å². The number of hydrogen-bond donors (Lipinski definition) is 2. The smallest absolute Gasteiger partial charge is 0.337 e. The van der Waals surface area contributed by atoms with Crippen LogP contribution in [0.2, 0.25) is 5.02 Å². The van der Waals surface area contributed by atoms with Crippen LogP contribution in [0.15, 0.2) is 79.0 Å². The summed E-state index contributed by atoms with van der Waals surface area (Å²) in [7, 11) is 0. The molecule has 4 aromatic rings. The fourth-order valence-electron chi connectivity index (χ4n) is 4.86. The number of halogens is 1. The summed E-state index contributed by atoms with van der Waals surface area (Å²) in [5.41, 5.74) is 5.55. The first-order valence-electron chi connectivity index (χ1n) is 11.1. The van der Waals surface area contributed by atoms with Crippen LogP contribution in [0.5, 0.6) is 0 Å². The first-order valence-corrected chi connectivity index (χ1v) is 11.9. The first-order chi connectivity index (χ1) is 16.9. The largest absolute Gasteiger partial charge is 0.478 e. The highest BCUT2D eigenvalue weighted by molar-refractivity contribution is 7.80. The predicted molar refractivity (Wildman–Crippen MR) is 142 cm³/mol. The van der Waals surface area contributed by atoms with Crippen molar-refractivity contribution in [2.24, 2.45) is 0 Å². The lowest BCUT2D eigenvalue weighted by atomic mass is 9.96. The minimum Gasteiger partial charge on any atom is -0.478 e. The Morgan fingerprint density at radius 1 is 1.06 bits per heavy atom. The van der Waals surface area contributed by atoms with Gasteiger partial charge >= 0.3 is 5.97 Å². The summed E-state index contributed by atoms with van der Waals surface area (Å²) >= 11 is 12.0. The van der Waals surface area contributed by atoms with Crippen LogP contribution in [0.1, 0.15) is 45.1 Å². The number of benzene rings is 2. The monoisotopic (exact) mass is 502 g/mol. The summed E-state index contributed by atoms with van der Waals surface area (Å²) in [5, 5.41) is 14.5. The second kappa shape index (κ2) is 9.17. The minimum atomic E-state index is -0.965. The number of aromatic nitrogens is 2. The van der Waals surface area contributed by atoms with Crippen LogP contribution in [-0.4, -0.2) is 25.7 Å². The van der Waals surface area contributed by atoms with Crippen molar-refractivity contribution in [3.8, 4) is 5.69 Å². The van der Waals surface area contributed by atoms with Gasteiger partial charge in [0.25, 0.3) is 0 Å². The third-order valence-electron chi connectivity index (χ3n) is 6.37. The molecule has 2 aromatic carbocycles. The van der Waals surface area contributed by atoms with Crippen LogP contribution in [-0.2, 0) is 0 Å². The SMILES string of the molecule is Cc1cc([C@@H]2[C@H](c3ccccn3)NC(=S)N2c2ccc(Cl)cc2)c(C)n1-c1ccccc1C(=O)O. The molecule has 1 saturated heterocycles. The number of para-hydroxylation sites is 1. The van der Waals surface area contributed by atoms with Crippen molar-refractivity contribution in [3.63, 3.8) is 0 Å². The molecule has 1 aliphatic heterocycles. The molecule has 0 bridgehead atoms. The van der Waals surface area contributed by atoms with Gasteiger partial charge in [0.15, 0.2) is 5.11 Å². The van der Waals surface area contributed by atoms with Crippen molar-refractivity contribution < 1.29 is 9.90 Å². The van der Waals surface area contributed by atoms with Crippen molar-refractivity contribution in [2.45, 2.75) is 25.9 Å². The van der Waals surface area contributed by atoms with E-state index < -0.39 is 5.97 Å². The molecule has 176 valence electrons. The van der Waals surface area contributed by atoms with Gasteiger partial charge in [0.2, 0.25) is 0 Å². The molecule has 0 amide bonds. The van der Waals surface area contributed by atoms with Gasteiger partial charge in [-0.3, -0.25) is 4.98 Å². The van der Waals surface area contributed by atoms with Gasteiger partial charge in [-0.1, -0.05) is 29.8 Å². The molecule has 2 aromatic heterocycles. The summed E-state index contributed by atoms with van der Waals surface area (Å²) in [4.78, 5) is 18.7. The molecule has 6 nitrogen and oxygen atoms in total.